The van der Waals surface area contributed by atoms with Gasteiger partial charge >= 0.3 is 6.09 Å². The average Bonchev–Trinajstić information content (AvgIpc) is 2.51. The number of phenolic OH excluding ortho intramolecular Hbond substituents is 1. The first-order chi connectivity index (χ1) is 10.7. The molecular weight excluding hydrogens is 282 g/mol. The number of nitrogens with one attached hydrogen (secondary N) is 1. The normalized spacial score (nSPS) is 10.0. The SMILES string of the molecule is Cc1ccccc1OCCCOC(=O)Nc1ccccc1O. The Kier molecular flexibility index (Phi) is 5.65. The number of amides is 1. The number of carbonyl (C=O) groups excluding carboxylic acids is 1. The van der Waals surface area contributed by atoms with E-state index in [-0.39, 0.29) is 12.4 Å². The molecule has 0 heterocycles. The van der Waals surface area contributed by atoms with E-state index in [9.17, 15) is 9.90 Å². The van der Waals surface area contributed by atoms with Gasteiger partial charge < -0.3 is 14.6 Å². The van der Waals surface area contributed by atoms with E-state index in [1.165, 1.54) is 6.07 Å². The molecule has 0 aliphatic carbocycles. The van der Waals surface area contributed by atoms with E-state index in [0.29, 0.717) is 18.7 Å². The van der Waals surface area contributed by atoms with Gasteiger partial charge in [-0.3, -0.25) is 5.32 Å². The lowest BCUT2D eigenvalue weighted by atomic mass is 10.2. The molecule has 0 saturated heterocycles. The summed E-state index contributed by atoms with van der Waals surface area (Å²) < 4.78 is 10.6. The quantitative estimate of drug-likeness (QED) is 0.630. The second-order valence-electron chi connectivity index (χ2n) is 4.75. The Bertz CT molecular complexity index is 628. The van der Waals surface area contributed by atoms with Crippen LogP contribution in [0.4, 0.5) is 10.5 Å². The summed E-state index contributed by atoms with van der Waals surface area (Å²) in [5.74, 6) is 0.837. The van der Waals surface area contributed by atoms with Gasteiger partial charge in [0.25, 0.3) is 0 Å². The Morgan fingerprint density at radius 1 is 1.09 bits per heavy atom. The van der Waals surface area contributed by atoms with E-state index in [4.69, 9.17) is 9.47 Å². The van der Waals surface area contributed by atoms with Crippen LogP contribution in [0.1, 0.15) is 12.0 Å². The second-order valence-corrected chi connectivity index (χ2v) is 4.75. The highest BCUT2D eigenvalue weighted by Gasteiger charge is 2.06. The maximum absolute atomic E-state index is 11.6. The number of anilines is 1. The highest BCUT2D eigenvalue weighted by molar-refractivity contribution is 5.86. The molecule has 0 unspecified atom stereocenters. The molecule has 5 heteroatoms. The first-order valence-electron chi connectivity index (χ1n) is 7.07. The van der Waals surface area contributed by atoms with Crippen LogP contribution in [-0.4, -0.2) is 24.4 Å². The van der Waals surface area contributed by atoms with Crippen LogP contribution >= 0.6 is 0 Å². The van der Waals surface area contributed by atoms with E-state index in [1.807, 2.05) is 31.2 Å². The first kappa shape index (κ1) is 15.7. The van der Waals surface area contributed by atoms with Crippen molar-refractivity contribution < 1.29 is 19.4 Å². The minimum absolute atomic E-state index is 0.00216. The topological polar surface area (TPSA) is 67.8 Å². The Hall–Kier alpha value is -2.69. The van der Waals surface area contributed by atoms with Crippen molar-refractivity contribution in [3.05, 3.63) is 54.1 Å². The van der Waals surface area contributed by atoms with Gasteiger partial charge in [0, 0.05) is 6.42 Å². The fourth-order valence-electron chi connectivity index (χ4n) is 1.85. The summed E-state index contributed by atoms with van der Waals surface area (Å²) in [7, 11) is 0. The van der Waals surface area contributed by atoms with Gasteiger partial charge in [0.2, 0.25) is 0 Å². The van der Waals surface area contributed by atoms with Gasteiger partial charge in [-0.2, -0.15) is 0 Å². The van der Waals surface area contributed by atoms with E-state index in [2.05, 4.69) is 5.32 Å². The van der Waals surface area contributed by atoms with E-state index < -0.39 is 6.09 Å². The Balaban J connectivity index is 1.65. The molecule has 0 aromatic heterocycles. The van der Waals surface area contributed by atoms with Crippen molar-refractivity contribution in [2.75, 3.05) is 18.5 Å². The van der Waals surface area contributed by atoms with Crippen LogP contribution in [0, 0.1) is 6.92 Å². The number of rotatable bonds is 6. The van der Waals surface area contributed by atoms with Gasteiger partial charge in [-0.1, -0.05) is 30.3 Å². The fourth-order valence-corrected chi connectivity index (χ4v) is 1.85. The summed E-state index contributed by atoms with van der Waals surface area (Å²) in [6.45, 7) is 2.69. The van der Waals surface area contributed by atoms with Crippen molar-refractivity contribution in [3.8, 4) is 11.5 Å². The van der Waals surface area contributed by atoms with Crippen molar-refractivity contribution in [2.45, 2.75) is 13.3 Å². The number of aromatic hydroxyl groups is 1. The molecule has 0 saturated carbocycles. The third-order valence-electron chi connectivity index (χ3n) is 3.01. The smallest absolute Gasteiger partial charge is 0.411 e. The Morgan fingerprint density at radius 2 is 1.82 bits per heavy atom. The molecule has 0 bridgehead atoms. The Morgan fingerprint density at radius 3 is 2.59 bits per heavy atom. The second kappa shape index (κ2) is 7.93. The molecule has 1 amide bonds. The van der Waals surface area contributed by atoms with Gasteiger partial charge in [-0.05, 0) is 30.7 Å². The van der Waals surface area contributed by atoms with Gasteiger partial charge in [-0.15, -0.1) is 0 Å². The first-order valence-corrected chi connectivity index (χ1v) is 7.07. The predicted octanol–water partition coefficient (Wildman–Crippen LogP) is 3.72. The molecule has 0 fully saturated rings. The molecule has 2 aromatic carbocycles. The number of ether oxygens (including phenoxy) is 2. The lowest BCUT2D eigenvalue weighted by Crippen LogP contribution is -2.15. The molecular formula is C17H19NO4. The van der Waals surface area contributed by atoms with Crippen LogP contribution in [-0.2, 0) is 4.74 Å². The maximum atomic E-state index is 11.6. The maximum Gasteiger partial charge on any atom is 0.411 e. The number of phenols is 1. The molecule has 0 atom stereocenters. The summed E-state index contributed by atoms with van der Waals surface area (Å²) >= 11 is 0. The van der Waals surface area contributed by atoms with Crippen LogP contribution in [0.15, 0.2) is 48.5 Å². The van der Waals surface area contributed by atoms with E-state index in [1.54, 1.807) is 18.2 Å². The van der Waals surface area contributed by atoms with Gasteiger partial charge in [0.1, 0.15) is 11.5 Å². The summed E-state index contributed by atoms with van der Waals surface area (Å²) in [5, 5.41) is 12.0. The standard InChI is InChI=1S/C17H19NO4/c1-13-7-2-5-10-16(13)21-11-6-12-22-17(20)18-14-8-3-4-9-15(14)19/h2-5,7-10,19H,6,11-12H2,1H3,(H,18,20). The lowest BCUT2D eigenvalue weighted by Gasteiger charge is -2.10. The molecule has 0 radical (unpaired) electrons. The monoisotopic (exact) mass is 301 g/mol. The van der Waals surface area contributed by atoms with Crippen LogP contribution in [0.25, 0.3) is 0 Å². The molecule has 2 aromatic rings. The molecule has 116 valence electrons. The Labute approximate surface area is 129 Å². The highest BCUT2D eigenvalue weighted by atomic mass is 16.5. The van der Waals surface area contributed by atoms with Crippen LogP contribution in [0.5, 0.6) is 11.5 Å². The van der Waals surface area contributed by atoms with Gasteiger partial charge in [0.05, 0.1) is 18.9 Å². The molecule has 5 nitrogen and oxygen atoms in total. The van der Waals surface area contributed by atoms with Crippen LogP contribution in [0.3, 0.4) is 0 Å². The third-order valence-corrected chi connectivity index (χ3v) is 3.01. The number of carbonyl (C=O) groups is 1. The molecule has 2 rings (SSSR count). The lowest BCUT2D eigenvalue weighted by molar-refractivity contribution is 0.151. The predicted molar refractivity (Wildman–Crippen MR) is 84.4 cm³/mol. The fraction of sp³-hybridized carbons (Fsp3) is 0.235. The zero-order valence-corrected chi connectivity index (χ0v) is 12.4. The molecule has 0 spiro atoms. The third kappa shape index (κ3) is 4.70. The minimum atomic E-state index is -0.600. The molecule has 0 aliphatic heterocycles. The van der Waals surface area contributed by atoms with Crippen molar-refractivity contribution in [2.24, 2.45) is 0 Å². The zero-order valence-electron chi connectivity index (χ0n) is 12.4. The molecule has 22 heavy (non-hydrogen) atoms. The summed E-state index contributed by atoms with van der Waals surface area (Å²) in [4.78, 5) is 11.6. The number of aryl methyl sites for hydroxylation is 1. The number of hydrogen-bond acceptors (Lipinski definition) is 4. The largest absolute Gasteiger partial charge is 0.506 e. The summed E-state index contributed by atoms with van der Waals surface area (Å²) in [6.07, 6.45) is -0.0138. The minimum Gasteiger partial charge on any atom is -0.506 e. The van der Waals surface area contributed by atoms with Crippen LogP contribution in [0.2, 0.25) is 0 Å². The summed E-state index contributed by atoms with van der Waals surface area (Å²) in [5.41, 5.74) is 1.39. The van der Waals surface area contributed by atoms with Gasteiger partial charge in [-0.25, -0.2) is 4.79 Å². The van der Waals surface area contributed by atoms with Crippen molar-refractivity contribution >= 4 is 11.8 Å². The van der Waals surface area contributed by atoms with Crippen molar-refractivity contribution in [1.82, 2.24) is 0 Å². The number of benzene rings is 2. The van der Waals surface area contributed by atoms with E-state index >= 15 is 0 Å². The van der Waals surface area contributed by atoms with Crippen molar-refractivity contribution in [1.29, 1.82) is 0 Å². The van der Waals surface area contributed by atoms with E-state index in [0.717, 1.165) is 11.3 Å². The van der Waals surface area contributed by atoms with Crippen molar-refractivity contribution in [3.63, 3.8) is 0 Å². The molecule has 0 aliphatic rings. The van der Waals surface area contributed by atoms with Gasteiger partial charge in [0.15, 0.2) is 0 Å². The molecule has 2 N–H and O–H groups in total. The zero-order chi connectivity index (χ0) is 15.8. The highest BCUT2D eigenvalue weighted by Crippen LogP contribution is 2.21. The summed E-state index contributed by atoms with van der Waals surface area (Å²) in [6, 6.07) is 14.2. The van der Waals surface area contributed by atoms with Crippen LogP contribution < -0.4 is 10.1 Å². The number of hydrogen-bond donors (Lipinski definition) is 2. The number of para-hydroxylation sites is 3. The average molecular weight is 301 g/mol.